The molecular formula is C22H28N2O6. The molecule has 0 aliphatic carbocycles. The van der Waals surface area contributed by atoms with E-state index in [0.717, 1.165) is 5.56 Å². The molecule has 2 aliphatic rings. The van der Waals surface area contributed by atoms with E-state index in [0.29, 0.717) is 19.4 Å². The summed E-state index contributed by atoms with van der Waals surface area (Å²) in [5.41, 5.74) is 0.865. The number of esters is 2. The Labute approximate surface area is 175 Å². The van der Waals surface area contributed by atoms with Crippen LogP contribution in [0.25, 0.3) is 0 Å². The summed E-state index contributed by atoms with van der Waals surface area (Å²) in [7, 11) is 0. The summed E-state index contributed by atoms with van der Waals surface area (Å²) in [5, 5.41) is 2.71. The predicted molar refractivity (Wildman–Crippen MR) is 107 cm³/mol. The first kappa shape index (κ1) is 21.8. The highest BCUT2D eigenvalue weighted by atomic mass is 16.5. The second-order valence-corrected chi connectivity index (χ2v) is 8.00. The maximum atomic E-state index is 12.8. The van der Waals surface area contributed by atoms with Crippen molar-refractivity contribution in [1.82, 2.24) is 10.2 Å². The van der Waals surface area contributed by atoms with Crippen LogP contribution in [-0.2, 0) is 35.1 Å². The Morgan fingerprint density at radius 1 is 0.967 bits per heavy atom. The zero-order valence-corrected chi connectivity index (χ0v) is 17.3. The van der Waals surface area contributed by atoms with Gasteiger partial charge in [-0.05, 0) is 18.4 Å². The number of carbonyl (C=O) groups excluding carboxylic acids is 4. The molecule has 3 rings (SSSR count). The summed E-state index contributed by atoms with van der Waals surface area (Å²) in [6.07, 6.45) is 1.48. The number of nitrogens with one attached hydrogen (secondary N) is 1. The van der Waals surface area contributed by atoms with E-state index in [1.54, 1.807) is 13.8 Å². The van der Waals surface area contributed by atoms with Crippen molar-refractivity contribution < 1.29 is 28.7 Å². The number of fused-ring (bicyclic) bond motifs is 1. The normalized spacial score (nSPS) is 28.8. The van der Waals surface area contributed by atoms with Crippen molar-refractivity contribution in [2.24, 2.45) is 11.8 Å². The van der Waals surface area contributed by atoms with Crippen LogP contribution >= 0.6 is 0 Å². The molecule has 0 saturated carbocycles. The molecule has 0 radical (unpaired) electrons. The molecule has 2 saturated heterocycles. The second kappa shape index (κ2) is 9.73. The number of nitrogens with zero attached hydrogens (tertiary/aromatic N) is 1. The first-order chi connectivity index (χ1) is 14.4. The molecular weight excluding hydrogens is 388 g/mol. The number of amides is 2. The lowest BCUT2D eigenvalue weighted by atomic mass is 10.0. The fourth-order valence-corrected chi connectivity index (χ4v) is 3.67. The Bertz CT molecular complexity index is 796. The minimum absolute atomic E-state index is 0.118. The quantitative estimate of drug-likeness (QED) is 0.724. The summed E-state index contributed by atoms with van der Waals surface area (Å²) in [6, 6.07) is 7.72. The summed E-state index contributed by atoms with van der Waals surface area (Å²) in [4.78, 5) is 52.1. The Morgan fingerprint density at radius 3 is 2.37 bits per heavy atom. The fourth-order valence-electron chi connectivity index (χ4n) is 3.67. The van der Waals surface area contributed by atoms with Gasteiger partial charge in [0.25, 0.3) is 0 Å². The van der Waals surface area contributed by atoms with Gasteiger partial charge in [-0.1, -0.05) is 44.2 Å². The van der Waals surface area contributed by atoms with Crippen LogP contribution in [0.15, 0.2) is 30.3 Å². The average molecular weight is 416 g/mol. The molecule has 0 unspecified atom stereocenters. The van der Waals surface area contributed by atoms with Crippen LogP contribution in [0.2, 0.25) is 0 Å². The molecule has 0 aromatic heterocycles. The van der Waals surface area contributed by atoms with E-state index in [4.69, 9.17) is 9.47 Å². The SMILES string of the molecule is C[C@H]1COC(=O)[C@@H]2CCCN2C(=O)[C@@H](C)COC(=O)[C@H](Cc2ccccc2)NC1=O. The van der Waals surface area contributed by atoms with Crippen molar-refractivity contribution >= 4 is 23.8 Å². The minimum atomic E-state index is -0.900. The van der Waals surface area contributed by atoms with Crippen LogP contribution in [0.1, 0.15) is 32.3 Å². The van der Waals surface area contributed by atoms with Crippen molar-refractivity contribution in [3.63, 3.8) is 0 Å². The maximum absolute atomic E-state index is 12.8. The van der Waals surface area contributed by atoms with Crippen LogP contribution in [0.5, 0.6) is 0 Å². The van der Waals surface area contributed by atoms with Crippen molar-refractivity contribution in [3.05, 3.63) is 35.9 Å². The Kier molecular flexibility index (Phi) is 7.07. The standard InChI is InChI=1S/C22H28N2O6/c1-14-12-30-22(28)18-9-6-10-24(18)20(26)15(2)13-29-21(27)17(23-19(14)25)11-16-7-4-3-5-8-16/h3-5,7-8,14-15,17-18H,6,9-13H2,1-2H3,(H,23,25)/t14-,15-,17-,18-/m0/s1. The van der Waals surface area contributed by atoms with E-state index in [2.05, 4.69) is 5.32 Å². The largest absolute Gasteiger partial charge is 0.463 e. The third kappa shape index (κ3) is 5.17. The summed E-state index contributed by atoms with van der Waals surface area (Å²) in [5.74, 6) is -2.97. The molecule has 4 atom stereocenters. The topological polar surface area (TPSA) is 102 Å². The molecule has 162 valence electrons. The number of hydrogen-bond acceptors (Lipinski definition) is 6. The highest BCUT2D eigenvalue weighted by molar-refractivity contribution is 5.88. The van der Waals surface area contributed by atoms with Crippen molar-refractivity contribution in [2.75, 3.05) is 19.8 Å². The molecule has 2 heterocycles. The van der Waals surface area contributed by atoms with Gasteiger partial charge in [-0.2, -0.15) is 0 Å². The summed E-state index contributed by atoms with van der Waals surface area (Å²) in [6.45, 7) is 3.51. The molecule has 1 aromatic carbocycles. The Hall–Kier alpha value is -2.90. The molecule has 0 spiro atoms. The van der Waals surface area contributed by atoms with Gasteiger partial charge in [0, 0.05) is 13.0 Å². The lowest BCUT2D eigenvalue weighted by Crippen LogP contribution is -2.49. The lowest BCUT2D eigenvalue weighted by molar-refractivity contribution is -0.160. The van der Waals surface area contributed by atoms with Crippen molar-refractivity contribution in [1.29, 1.82) is 0 Å². The molecule has 2 fully saturated rings. The fraction of sp³-hybridized carbons (Fsp3) is 0.545. The van der Waals surface area contributed by atoms with Gasteiger partial charge in [-0.15, -0.1) is 0 Å². The molecule has 2 aliphatic heterocycles. The lowest BCUT2D eigenvalue weighted by Gasteiger charge is -2.28. The van der Waals surface area contributed by atoms with Crippen LogP contribution < -0.4 is 5.32 Å². The van der Waals surface area contributed by atoms with Gasteiger partial charge < -0.3 is 19.7 Å². The smallest absolute Gasteiger partial charge is 0.329 e. The van der Waals surface area contributed by atoms with Gasteiger partial charge >= 0.3 is 11.9 Å². The average Bonchev–Trinajstić information content (AvgIpc) is 3.24. The molecule has 2 amide bonds. The highest BCUT2D eigenvalue weighted by Gasteiger charge is 2.38. The van der Waals surface area contributed by atoms with E-state index in [1.807, 2.05) is 30.3 Å². The Morgan fingerprint density at radius 2 is 1.63 bits per heavy atom. The van der Waals surface area contributed by atoms with E-state index in [-0.39, 0.29) is 25.5 Å². The maximum Gasteiger partial charge on any atom is 0.329 e. The number of ether oxygens (including phenoxy) is 2. The second-order valence-electron chi connectivity index (χ2n) is 8.00. The third-order valence-electron chi connectivity index (χ3n) is 5.51. The highest BCUT2D eigenvalue weighted by Crippen LogP contribution is 2.22. The zero-order chi connectivity index (χ0) is 21.7. The predicted octanol–water partition coefficient (Wildman–Crippen LogP) is 1.08. The van der Waals surface area contributed by atoms with Gasteiger partial charge in [-0.25, -0.2) is 9.59 Å². The van der Waals surface area contributed by atoms with Crippen molar-refractivity contribution in [3.8, 4) is 0 Å². The first-order valence-corrected chi connectivity index (χ1v) is 10.3. The summed E-state index contributed by atoms with van der Waals surface area (Å²) >= 11 is 0. The van der Waals surface area contributed by atoms with Gasteiger partial charge in [0.2, 0.25) is 11.8 Å². The van der Waals surface area contributed by atoms with Gasteiger partial charge in [-0.3, -0.25) is 9.59 Å². The van der Waals surface area contributed by atoms with Gasteiger partial charge in [0.1, 0.15) is 25.3 Å². The molecule has 1 aromatic rings. The first-order valence-electron chi connectivity index (χ1n) is 10.3. The van der Waals surface area contributed by atoms with Crippen LogP contribution in [-0.4, -0.2) is 60.5 Å². The molecule has 8 heteroatoms. The monoisotopic (exact) mass is 416 g/mol. The molecule has 30 heavy (non-hydrogen) atoms. The number of rotatable bonds is 2. The van der Waals surface area contributed by atoms with Crippen LogP contribution in [0, 0.1) is 11.8 Å². The van der Waals surface area contributed by atoms with Gasteiger partial charge in [0.05, 0.1) is 11.8 Å². The van der Waals surface area contributed by atoms with Gasteiger partial charge in [0.15, 0.2) is 0 Å². The number of hydrogen-bond donors (Lipinski definition) is 1. The number of cyclic esters (lactones) is 2. The van der Waals surface area contributed by atoms with Crippen LogP contribution in [0.4, 0.5) is 0 Å². The van der Waals surface area contributed by atoms with E-state index in [1.165, 1.54) is 4.90 Å². The van der Waals surface area contributed by atoms with Crippen molar-refractivity contribution in [2.45, 2.75) is 45.2 Å². The number of benzene rings is 1. The van der Waals surface area contributed by atoms with E-state index >= 15 is 0 Å². The molecule has 1 N–H and O–H groups in total. The molecule has 0 bridgehead atoms. The zero-order valence-electron chi connectivity index (χ0n) is 17.3. The minimum Gasteiger partial charge on any atom is -0.463 e. The summed E-state index contributed by atoms with van der Waals surface area (Å²) < 4.78 is 10.7. The Balaban J connectivity index is 1.79. The van der Waals surface area contributed by atoms with Crippen LogP contribution in [0.3, 0.4) is 0 Å². The molecule has 8 nitrogen and oxygen atoms in total. The van der Waals surface area contributed by atoms with E-state index in [9.17, 15) is 19.2 Å². The number of carbonyl (C=O) groups is 4. The van der Waals surface area contributed by atoms with E-state index < -0.39 is 41.8 Å². The third-order valence-corrected chi connectivity index (χ3v) is 5.51.